The van der Waals surface area contributed by atoms with E-state index in [0.717, 1.165) is 22.5 Å². The van der Waals surface area contributed by atoms with E-state index in [2.05, 4.69) is 9.71 Å². The van der Waals surface area contributed by atoms with Gasteiger partial charge in [-0.2, -0.15) is 5.10 Å². The number of aryl methyl sites for hydroxylation is 2. The van der Waals surface area contributed by atoms with Gasteiger partial charge in [-0.1, -0.05) is 48.5 Å². The summed E-state index contributed by atoms with van der Waals surface area (Å²) in [7, 11) is -1.97. The quantitative estimate of drug-likeness (QED) is 0.533. The van der Waals surface area contributed by atoms with Crippen molar-refractivity contribution >= 4 is 10.0 Å². The highest BCUT2D eigenvalue weighted by atomic mass is 32.2. The first kappa shape index (κ1) is 19.1. The van der Waals surface area contributed by atoms with Gasteiger partial charge in [-0.05, 0) is 19.1 Å². The first-order valence-corrected chi connectivity index (χ1v) is 10.6. The fourth-order valence-electron chi connectivity index (χ4n) is 2.99. The number of para-hydroxylation sites is 1. The summed E-state index contributed by atoms with van der Waals surface area (Å²) in [5, 5.41) is 4.71. The lowest BCUT2D eigenvalue weighted by Crippen LogP contribution is -2.23. The van der Waals surface area contributed by atoms with Crippen LogP contribution in [-0.2, 0) is 23.6 Å². The van der Waals surface area contributed by atoms with Crippen LogP contribution in [0.1, 0.15) is 11.4 Å². The molecule has 2 heterocycles. The zero-order valence-electron chi connectivity index (χ0n) is 16.1. The number of hydrogen-bond donors (Lipinski definition) is 1. The third-order valence-electron chi connectivity index (χ3n) is 4.67. The number of aromatic nitrogens is 4. The topological polar surface area (TPSA) is 81.8 Å². The molecule has 2 aromatic heterocycles. The van der Waals surface area contributed by atoms with Crippen molar-refractivity contribution in [2.75, 3.05) is 0 Å². The van der Waals surface area contributed by atoms with Crippen LogP contribution in [0.15, 0.2) is 78.1 Å². The van der Waals surface area contributed by atoms with Crippen molar-refractivity contribution in [2.24, 2.45) is 7.05 Å². The zero-order valence-corrected chi connectivity index (χ0v) is 17.0. The smallest absolute Gasteiger partial charge is 0.259 e. The van der Waals surface area contributed by atoms with E-state index in [1.165, 1.54) is 6.20 Å². The molecule has 148 valence electrons. The molecule has 0 fully saturated rings. The van der Waals surface area contributed by atoms with Crippen molar-refractivity contribution in [3.63, 3.8) is 0 Å². The second-order valence-corrected chi connectivity index (χ2v) is 8.42. The van der Waals surface area contributed by atoms with Crippen LogP contribution in [0.2, 0.25) is 0 Å². The summed E-state index contributed by atoms with van der Waals surface area (Å²) < 4.78 is 31.5. The Morgan fingerprint density at radius 3 is 2.24 bits per heavy atom. The Morgan fingerprint density at radius 2 is 1.62 bits per heavy atom. The van der Waals surface area contributed by atoms with Crippen molar-refractivity contribution in [1.29, 1.82) is 0 Å². The Balaban J connectivity index is 1.68. The largest absolute Gasteiger partial charge is 0.337 e. The summed E-state index contributed by atoms with van der Waals surface area (Å²) >= 11 is 0. The maximum absolute atomic E-state index is 12.7. The lowest BCUT2D eigenvalue weighted by Gasteiger charge is -2.05. The molecular formula is C21H21N5O2S. The highest BCUT2D eigenvalue weighted by Gasteiger charge is 2.20. The van der Waals surface area contributed by atoms with Crippen LogP contribution in [0.5, 0.6) is 0 Å². The lowest BCUT2D eigenvalue weighted by atomic mass is 10.1. The molecule has 0 spiro atoms. The molecule has 2 aromatic carbocycles. The Labute approximate surface area is 169 Å². The SMILES string of the molecule is Cc1nc(S(=O)(=O)NCc2cn(-c3ccccc3)nc2-c2ccccc2)cn1C. The highest BCUT2D eigenvalue weighted by molar-refractivity contribution is 7.89. The number of nitrogens with zero attached hydrogens (tertiary/aromatic N) is 4. The summed E-state index contributed by atoms with van der Waals surface area (Å²) in [5.74, 6) is 0.632. The minimum Gasteiger partial charge on any atom is -0.337 e. The van der Waals surface area contributed by atoms with Gasteiger partial charge in [-0.25, -0.2) is 22.8 Å². The number of imidazole rings is 1. The lowest BCUT2D eigenvalue weighted by molar-refractivity contribution is 0.578. The summed E-state index contributed by atoms with van der Waals surface area (Å²) in [6.45, 7) is 1.87. The van der Waals surface area contributed by atoms with Crippen molar-refractivity contribution < 1.29 is 8.42 Å². The molecule has 0 aliphatic heterocycles. The van der Waals surface area contributed by atoms with Gasteiger partial charge in [0.25, 0.3) is 10.0 Å². The second kappa shape index (κ2) is 7.65. The van der Waals surface area contributed by atoms with Crippen molar-refractivity contribution in [2.45, 2.75) is 18.5 Å². The van der Waals surface area contributed by atoms with E-state index in [9.17, 15) is 8.42 Å². The maximum atomic E-state index is 12.7. The van der Waals surface area contributed by atoms with Gasteiger partial charge in [0.15, 0.2) is 5.03 Å². The summed E-state index contributed by atoms with van der Waals surface area (Å²) in [6.07, 6.45) is 3.35. The van der Waals surface area contributed by atoms with Gasteiger partial charge in [0.1, 0.15) is 5.82 Å². The minimum absolute atomic E-state index is 0.00853. The molecule has 1 N–H and O–H groups in total. The van der Waals surface area contributed by atoms with E-state index >= 15 is 0 Å². The van der Waals surface area contributed by atoms with Gasteiger partial charge in [-0.3, -0.25) is 0 Å². The third-order valence-corrected chi connectivity index (χ3v) is 5.94. The van der Waals surface area contributed by atoms with Gasteiger partial charge < -0.3 is 4.57 Å². The van der Waals surface area contributed by atoms with Crippen LogP contribution in [0.25, 0.3) is 16.9 Å². The van der Waals surface area contributed by atoms with E-state index in [4.69, 9.17) is 5.10 Å². The minimum atomic E-state index is -3.73. The molecule has 0 aliphatic rings. The van der Waals surface area contributed by atoms with Crippen molar-refractivity contribution in [1.82, 2.24) is 24.1 Å². The molecule has 8 heteroatoms. The number of nitrogens with one attached hydrogen (secondary N) is 1. The molecule has 0 saturated heterocycles. The molecule has 0 saturated carbocycles. The van der Waals surface area contributed by atoms with Crippen LogP contribution >= 0.6 is 0 Å². The maximum Gasteiger partial charge on any atom is 0.259 e. The van der Waals surface area contributed by atoms with E-state index in [1.54, 1.807) is 23.2 Å². The number of sulfonamides is 1. The predicted molar refractivity (Wildman–Crippen MR) is 111 cm³/mol. The average Bonchev–Trinajstić information content (AvgIpc) is 3.32. The molecule has 0 amide bonds. The van der Waals surface area contributed by atoms with Crippen LogP contribution in [0, 0.1) is 6.92 Å². The first-order chi connectivity index (χ1) is 13.9. The molecule has 0 bridgehead atoms. The van der Waals surface area contributed by atoms with Gasteiger partial charge >= 0.3 is 0 Å². The molecule has 0 unspecified atom stereocenters. The van der Waals surface area contributed by atoms with E-state index in [0.29, 0.717) is 5.82 Å². The molecule has 0 radical (unpaired) electrons. The Hall–Kier alpha value is -3.23. The predicted octanol–water partition coefficient (Wildman–Crippen LogP) is 3.06. The Morgan fingerprint density at radius 1 is 0.966 bits per heavy atom. The van der Waals surface area contributed by atoms with Crippen LogP contribution in [0.4, 0.5) is 0 Å². The molecule has 29 heavy (non-hydrogen) atoms. The van der Waals surface area contributed by atoms with E-state index in [-0.39, 0.29) is 11.6 Å². The van der Waals surface area contributed by atoms with Crippen molar-refractivity contribution in [3.05, 3.63) is 84.4 Å². The number of benzene rings is 2. The van der Waals surface area contributed by atoms with Crippen LogP contribution in [-0.4, -0.2) is 27.7 Å². The fourth-order valence-corrected chi connectivity index (χ4v) is 4.04. The Bertz CT molecular complexity index is 1210. The standard InChI is InChI=1S/C21H21N5O2S/c1-16-23-20(15-25(16)2)29(27,28)22-13-18-14-26(19-11-7-4-8-12-19)24-21(18)17-9-5-3-6-10-17/h3-12,14-15,22H,13H2,1-2H3. The second-order valence-electron chi connectivity index (χ2n) is 6.71. The molecule has 0 aliphatic carbocycles. The molecule has 4 rings (SSSR count). The molecule has 4 aromatic rings. The third kappa shape index (κ3) is 3.98. The summed E-state index contributed by atoms with van der Waals surface area (Å²) in [5.41, 5.74) is 3.33. The van der Waals surface area contributed by atoms with Crippen LogP contribution < -0.4 is 4.72 Å². The van der Waals surface area contributed by atoms with Gasteiger partial charge in [-0.15, -0.1) is 0 Å². The highest BCUT2D eigenvalue weighted by Crippen LogP contribution is 2.24. The number of hydrogen-bond acceptors (Lipinski definition) is 4. The molecule has 7 nitrogen and oxygen atoms in total. The summed E-state index contributed by atoms with van der Waals surface area (Å²) in [4.78, 5) is 4.12. The zero-order chi connectivity index (χ0) is 20.4. The van der Waals surface area contributed by atoms with E-state index < -0.39 is 10.0 Å². The van der Waals surface area contributed by atoms with E-state index in [1.807, 2.05) is 66.9 Å². The van der Waals surface area contributed by atoms with Gasteiger partial charge in [0.05, 0.1) is 11.4 Å². The van der Waals surface area contributed by atoms with Gasteiger partial charge in [0, 0.05) is 37.1 Å². The number of rotatable bonds is 6. The average molecular weight is 407 g/mol. The monoisotopic (exact) mass is 407 g/mol. The molecular weight excluding hydrogens is 386 g/mol. The first-order valence-electron chi connectivity index (χ1n) is 9.13. The molecule has 0 atom stereocenters. The Kier molecular flexibility index (Phi) is 5.04. The normalized spacial score (nSPS) is 11.7. The van der Waals surface area contributed by atoms with Crippen molar-refractivity contribution in [3.8, 4) is 16.9 Å². The summed E-state index contributed by atoms with van der Waals surface area (Å²) in [6, 6.07) is 19.4. The van der Waals surface area contributed by atoms with Crippen LogP contribution in [0.3, 0.4) is 0 Å². The fraction of sp³-hybridized carbons (Fsp3) is 0.143. The van der Waals surface area contributed by atoms with Gasteiger partial charge in [0.2, 0.25) is 0 Å².